The smallest absolute Gasteiger partial charge is 0.342 e. The van der Waals surface area contributed by atoms with Crippen LogP contribution in [0, 0.1) is 0 Å². The van der Waals surface area contributed by atoms with Crippen molar-refractivity contribution in [2.45, 2.75) is 19.6 Å². The van der Waals surface area contributed by atoms with E-state index in [-0.39, 0.29) is 11.3 Å². The van der Waals surface area contributed by atoms with Gasteiger partial charge in [0.1, 0.15) is 11.3 Å². The maximum Gasteiger partial charge on any atom is 0.342 e. The van der Waals surface area contributed by atoms with Crippen LogP contribution in [-0.2, 0) is 16.1 Å². The van der Waals surface area contributed by atoms with Crippen molar-refractivity contribution in [3.63, 3.8) is 0 Å². The van der Waals surface area contributed by atoms with Crippen molar-refractivity contribution >= 4 is 22.6 Å². The number of nitrogens with one attached hydrogen (secondary N) is 1. The van der Waals surface area contributed by atoms with E-state index >= 15 is 0 Å². The highest BCUT2D eigenvalue weighted by Crippen LogP contribution is 2.29. The van der Waals surface area contributed by atoms with Crippen molar-refractivity contribution in [3.05, 3.63) is 77.9 Å². The van der Waals surface area contributed by atoms with Gasteiger partial charge in [-0.1, -0.05) is 60.7 Å². The average Bonchev–Trinajstić information content (AvgIpc) is 2.67. The summed E-state index contributed by atoms with van der Waals surface area (Å²) < 4.78 is 5.21. The number of carbonyl (C=O) groups is 2. The summed E-state index contributed by atoms with van der Waals surface area (Å²) in [6.07, 6.45) is -0.975. The molecule has 0 heterocycles. The van der Waals surface area contributed by atoms with Crippen LogP contribution in [0.15, 0.2) is 66.7 Å². The quantitative estimate of drug-likeness (QED) is 0.692. The van der Waals surface area contributed by atoms with Crippen LogP contribution in [0.5, 0.6) is 5.75 Å². The first-order valence-electron chi connectivity index (χ1n) is 8.29. The second-order valence-corrected chi connectivity index (χ2v) is 5.93. The van der Waals surface area contributed by atoms with Crippen LogP contribution >= 0.6 is 0 Å². The van der Waals surface area contributed by atoms with Gasteiger partial charge in [0.2, 0.25) is 0 Å². The number of aromatic hydroxyl groups is 1. The van der Waals surface area contributed by atoms with E-state index in [0.29, 0.717) is 11.9 Å². The summed E-state index contributed by atoms with van der Waals surface area (Å²) in [4.78, 5) is 24.5. The molecule has 0 aliphatic rings. The third-order valence-electron chi connectivity index (χ3n) is 4.08. The third kappa shape index (κ3) is 3.83. The molecule has 0 fully saturated rings. The van der Waals surface area contributed by atoms with Crippen molar-refractivity contribution in [1.29, 1.82) is 0 Å². The number of hydrogen-bond donors (Lipinski definition) is 2. The molecule has 2 N–H and O–H groups in total. The van der Waals surface area contributed by atoms with Gasteiger partial charge in [0.25, 0.3) is 5.91 Å². The number of rotatable bonds is 5. The normalized spacial score (nSPS) is 11.7. The first-order chi connectivity index (χ1) is 12.6. The van der Waals surface area contributed by atoms with Gasteiger partial charge >= 0.3 is 5.97 Å². The molecule has 0 unspecified atom stereocenters. The van der Waals surface area contributed by atoms with Gasteiger partial charge < -0.3 is 15.2 Å². The molecule has 0 aliphatic carbocycles. The molecule has 1 amide bonds. The molecule has 3 aromatic carbocycles. The standard InChI is InChI=1S/C21H19NO4/c1-14(20(24)22-13-15-7-3-2-4-8-15)26-21(25)18-12-11-16-9-5-6-10-17(16)19(18)23/h2-12,14,23H,13H2,1H3,(H,22,24)/t14-/m1/s1. The van der Waals surface area contributed by atoms with Crippen molar-refractivity contribution in [3.8, 4) is 5.75 Å². The van der Waals surface area contributed by atoms with E-state index in [4.69, 9.17) is 4.74 Å². The van der Waals surface area contributed by atoms with E-state index in [1.807, 2.05) is 42.5 Å². The predicted molar refractivity (Wildman–Crippen MR) is 98.8 cm³/mol. The van der Waals surface area contributed by atoms with Crippen LogP contribution in [0.4, 0.5) is 0 Å². The van der Waals surface area contributed by atoms with Crippen molar-refractivity contribution in [2.24, 2.45) is 0 Å². The molecule has 0 saturated carbocycles. The summed E-state index contributed by atoms with van der Waals surface area (Å²) in [6, 6.07) is 19.8. The fourth-order valence-electron chi connectivity index (χ4n) is 2.63. The molecule has 0 saturated heterocycles. The first-order valence-corrected chi connectivity index (χ1v) is 8.29. The predicted octanol–water partition coefficient (Wildman–Crippen LogP) is 3.41. The van der Waals surface area contributed by atoms with Crippen molar-refractivity contribution in [1.82, 2.24) is 5.32 Å². The lowest BCUT2D eigenvalue weighted by molar-refractivity contribution is -0.129. The fraction of sp³-hybridized carbons (Fsp3) is 0.143. The lowest BCUT2D eigenvalue weighted by Crippen LogP contribution is -2.35. The summed E-state index contributed by atoms with van der Waals surface area (Å²) in [5.74, 6) is -1.29. The van der Waals surface area contributed by atoms with Crippen LogP contribution in [-0.4, -0.2) is 23.1 Å². The number of phenolic OH excluding ortho intramolecular Hbond substituents is 1. The van der Waals surface area contributed by atoms with Gasteiger partial charge in [-0.15, -0.1) is 0 Å². The Morgan fingerprint density at radius 2 is 1.69 bits per heavy atom. The molecule has 132 valence electrons. The zero-order valence-electron chi connectivity index (χ0n) is 14.3. The molecule has 0 bridgehead atoms. The minimum atomic E-state index is -0.975. The average molecular weight is 349 g/mol. The second kappa shape index (κ2) is 7.70. The van der Waals surface area contributed by atoms with E-state index in [9.17, 15) is 14.7 Å². The maximum atomic E-state index is 12.3. The molecule has 5 heteroatoms. The van der Waals surface area contributed by atoms with E-state index in [2.05, 4.69) is 5.32 Å². The number of ether oxygens (including phenoxy) is 1. The number of benzene rings is 3. The van der Waals surface area contributed by atoms with Crippen LogP contribution in [0.3, 0.4) is 0 Å². The largest absolute Gasteiger partial charge is 0.506 e. The summed E-state index contributed by atoms with van der Waals surface area (Å²) in [6.45, 7) is 1.85. The van der Waals surface area contributed by atoms with Crippen molar-refractivity contribution < 1.29 is 19.4 Å². The van der Waals surface area contributed by atoms with Gasteiger partial charge in [-0.05, 0) is 23.9 Å². The highest BCUT2D eigenvalue weighted by molar-refractivity contribution is 6.01. The van der Waals surface area contributed by atoms with Crippen LogP contribution in [0.1, 0.15) is 22.8 Å². The number of fused-ring (bicyclic) bond motifs is 1. The molecule has 0 radical (unpaired) electrons. The summed E-state index contributed by atoms with van der Waals surface area (Å²) >= 11 is 0. The van der Waals surface area contributed by atoms with Gasteiger partial charge in [-0.25, -0.2) is 4.79 Å². The Hall–Kier alpha value is -3.34. The van der Waals surface area contributed by atoms with Crippen LogP contribution in [0.2, 0.25) is 0 Å². The minimum Gasteiger partial charge on any atom is -0.506 e. The zero-order valence-corrected chi connectivity index (χ0v) is 14.3. The minimum absolute atomic E-state index is 0.0337. The van der Waals surface area contributed by atoms with Crippen molar-refractivity contribution in [2.75, 3.05) is 0 Å². The Morgan fingerprint density at radius 3 is 2.46 bits per heavy atom. The molecule has 1 atom stereocenters. The molecular formula is C21H19NO4. The second-order valence-electron chi connectivity index (χ2n) is 5.93. The van der Waals surface area contributed by atoms with E-state index in [0.717, 1.165) is 10.9 Å². The lowest BCUT2D eigenvalue weighted by Gasteiger charge is -2.14. The number of phenols is 1. The number of esters is 1. The zero-order chi connectivity index (χ0) is 18.5. The molecular weight excluding hydrogens is 330 g/mol. The first kappa shape index (κ1) is 17.5. The molecule has 0 spiro atoms. The summed E-state index contributed by atoms with van der Waals surface area (Å²) in [5.41, 5.74) is 0.984. The Kier molecular flexibility index (Phi) is 5.17. The molecule has 3 rings (SSSR count). The van der Waals surface area contributed by atoms with E-state index < -0.39 is 18.0 Å². The van der Waals surface area contributed by atoms with Gasteiger partial charge in [-0.2, -0.15) is 0 Å². The molecule has 0 aromatic heterocycles. The Bertz CT molecular complexity index is 937. The summed E-state index contributed by atoms with van der Waals surface area (Å²) in [5, 5.41) is 14.4. The van der Waals surface area contributed by atoms with Gasteiger partial charge in [-0.3, -0.25) is 4.79 Å². The number of hydrogen-bond acceptors (Lipinski definition) is 4. The van der Waals surface area contributed by atoms with E-state index in [1.165, 1.54) is 13.0 Å². The molecule has 0 aliphatic heterocycles. The Morgan fingerprint density at radius 1 is 1.00 bits per heavy atom. The monoisotopic (exact) mass is 349 g/mol. The van der Waals surface area contributed by atoms with Crippen LogP contribution < -0.4 is 5.32 Å². The van der Waals surface area contributed by atoms with Gasteiger partial charge in [0, 0.05) is 11.9 Å². The third-order valence-corrected chi connectivity index (χ3v) is 4.08. The highest BCUT2D eigenvalue weighted by Gasteiger charge is 2.21. The van der Waals surface area contributed by atoms with Gasteiger partial charge in [0.05, 0.1) is 0 Å². The highest BCUT2D eigenvalue weighted by atomic mass is 16.5. The van der Waals surface area contributed by atoms with Crippen LogP contribution in [0.25, 0.3) is 10.8 Å². The van der Waals surface area contributed by atoms with Gasteiger partial charge in [0.15, 0.2) is 6.10 Å². The van der Waals surface area contributed by atoms with E-state index in [1.54, 1.807) is 18.2 Å². The maximum absolute atomic E-state index is 12.3. The molecule has 5 nitrogen and oxygen atoms in total. The lowest BCUT2D eigenvalue weighted by atomic mass is 10.1. The number of amides is 1. The topological polar surface area (TPSA) is 75.6 Å². The Balaban J connectivity index is 1.65. The molecule has 26 heavy (non-hydrogen) atoms. The summed E-state index contributed by atoms with van der Waals surface area (Å²) in [7, 11) is 0. The fourth-order valence-corrected chi connectivity index (χ4v) is 2.63. The number of carbonyl (C=O) groups excluding carboxylic acids is 2. The Labute approximate surface area is 151 Å². The SMILES string of the molecule is C[C@@H](OC(=O)c1ccc2ccccc2c1O)C(=O)NCc1ccccc1. The molecule has 3 aromatic rings.